The Kier molecular flexibility index (Phi) is 6.68. The molecule has 2 N–H and O–H groups in total. The number of carbonyl (C=O) groups is 3. The third-order valence-corrected chi connectivity index (χ3v) is 5.62. The molecule has 1 aliphatic rings. The van der Waals surface area contributed by atoms with Gasteiger partial charge in [-0.2, -0.15) is 0 Å². The van der Waals surface area contributed by atoms with Crippen molar-refractivity contribution in [2.75, 3.05) is 42.9 Å². The summed E-state index contributed by atoms with van der Waals surface area (Å²) in [5.41, 5.74) is 2.53. The topological polar surface area (TPSA) is 99.6 Å². The maximum atomic E-state index is 12.8. The SMILES string of the molecule is Cn1cccc1C(=O)NCC(=O)N1CCN(c2ccccc2C(=O)Nc2cccnc2)CC1. The van der Waals surface area contributed by atoms with E-state index in [9.17, 15) is 14.4 Å². The van der Waals surface area contributed by atoms with Gasteiger partial charge >= 0.3 is 0 Å². The van der Waals surface area contributed by atoms with Gasteiger partial charge in [0.05, 0.1) is 24.0 Å². The smallest absolute Gasteiger partial charge is 0.268 e. The molecule has 2 aromatic heterocycles. The number of carbonyl (C=O) groups excluding carboxylic acids is 3. The van der Waals surface area contributed by atoms with Crippen molar-refractivity contribution in [3.63, 3.8) is 0 Å². The number of pyridine rings is 1. The molecule has 1 aromatic carbocycles. The van der Waals surface area contributed by atoms with Crippen LogP contribution >= 0.6 is 0 Å². The molecule has 0 bridgehead atoms. The van der Waals surface area contributed by atoms with Crippen LogP contribution in [-0.2, 0) is 11.8 Å². The molecule has 0 spiro atoms. The van der Waals surface area contributed by atoms with Gasteiger partial charge in [-0.25, -0.2) is 0 Å². The van der Waals surface area contributed by atoms with Gasteiger partial charge < -0.3 is 25.0 Å². The number of aryl methyl sites for hydroxylation is 1. The van der Waals surface area contributed by atoms with Crippen LogP contribution in [0.1, 0.15) is 20.8 Å². The van der Waals surface area contributed by atoms with E-state index in [1.807, 2.05) is 18.2 Å². The number of piperazine rings is 1. The van der Waals surface area contributed by atoms with E-state index in [1.54, 1.807) is 65.4 Å². The molecule has 9 nitrogen and oxygen atoms in total. The van der Waals surface area contributed by atoms with Crippen molar-refractivity contribution in [1.82, 2.24) is 19.8 Å². The maximum Gasteiger partial charge on any atom is 0.268 e. The van der Waals surface area contributed by atoms with Crippen LogP contribution in [0, 0.1) is 0 Å². The van der Waals surface area contributed by atoms with Gasteiger partial charge in [0, 0.05) is 51.3 Å². The van der Waals surface area contributed by atoms with Gasteiger partial charge in [-0.05, 0) is 36.4 Å². The van der Waals surface area contributed by atoms with Crippen molar-refractivity contribution in [3.05, 3.63) is 78.4 Å². The molecular formula is C24H26N6O3. The normalized spacial score (nSPS) is 13.5. The molecule has 0 unspecified atom stereocenters. The van der Waals surface area contributed by atoms with Gasteiger partial charge in [-0.15, -0.1) is 0 Å². The molecule has 1 saturated heterocycles. The van der Waals surface area contributed by atoms with Gasteiger partial charge in [-0.3, -0.25) is 19.4 Å². The molecule has 3 aromatic rings. The van der Waals surface area contributed by atoms with E-state index in [1.165, 1.54) is 0 Å². The molecule has 4 rings (SSSR count). The van der Waals surface area contributed by atoms with Gasteiger partial charge in [0.15, 0.2) is 0 Å². The van der Waals surface area contributed by atoms with Crippen LogP contribution in [0.5, 0.6) is 0 Å². The van der Waals surface area contributed by atoms with Crippen LogP contribution in [0.2, 0.25) is 0 Å². The standard InChI is InChI=1S/C24H26N6O3/c1-28-11-5-9-21(28)24(33)26-17-22(31)30-14-12-29(13-15-30)20-8-3-2-7-19(20)23(32)27-18-6-4-10-25-16-18/h2-11,16H,12-15,17H2,1H3,(H,26,33)(H,27,32). The van der Waals surface area contributed by atoms with Crippen molar-refractivity contribution < 1.29 is 14.4 Å². The van der Waals surface area contributed by atoms with E-state index >= 15 is 0 Å². The summed E-state index contributed by atoms with van der Waals surface area (Å²) in [7, 11) is 1.78. The highest BCUT2D eigenvalue weighted by Gasteiger charge is 2.24. The summed E-state index contributed by atoms with van der Waals surface area (Å²) in [5.74, 6) is -0.608. The van der Waals surface area contributed by atoms with Crippen LogP contribution in [0.3, 0.4) is 0 Å². The highest BCUT2D eigenvalue weighted by Crippen LogP contribution is 2.23. The largest absolute Gasteiger partial charge is 0.367 e. The Morgan fingerprint density at radius 1 is 0.939 bits per heavy atom. The molecule has 0 atom stereocenters. The van der Waals surface area contributed by atoms with Gasteiger partial charge in [-0.1, -0.05) is 12.1 Å². The molecule has 0 radical (unpaired) electrons. The number of nitrogens with one attached hydrogen (secondary N) is 2. The van der Waals surface area contributed by atoms with Crippen LogP contribution in [0.4, 0.5) is 11.4 Å². The third kappa shape index (κ3) is 5.20. The van der Waals surface area contributed by atoms with E-state index in [2.05, 4.69) is 20.5 Å². The number of nitrogens with zero attached hydrogens (tertiary/aromatic N) is 4. The molecule has 0 aliphatic carbocycles. The first kappa shape index (κ1) is 22.1. The number of aromatic nitrogens is 2. The Morgan fingerprint density at radius 2 is 1.73 bits per heavy atom. The predicted molar refractivity (Wildman–Crippen MR) is 125 cm³/mol. The van der Waals surface area contributed by atoms with Crippen molar-refractivity contribution in [2.24, 2.45) is 7.05 Å². The lowest BCUT2D eigenvalue weighted by atomic mass is 10.1. The van der Waals surface area contributed by atoms with Crippen LogP contribution in [-0.4, -0.2) is 64.9 Å². The molecule has 3 amide bonds. The fourth-order valence-corrected chi connectivity index (χ4v) is 3.83. The van der Waals surface area contributed by atoms with Crippen molar-refractivity contribution in [1.29, 1.82) is 0 Å². The highest BCUT2D eigenvalue weighted by atomic mass is 16.2. The summed E-state index contributed by atoms with van der Waals surface area (Å²) in [5, 5.41) is 5.56. The van der Waals surface area contributed by atoms with E-state index < -0.39 is 0 Å². The average Bonchev–Trinajstić information content (AvgIpc) is 3.29. The molecule has 33 heavy (non-hydrogen) atoms. The highest BCUT2D eigenvalue weighted by molar-refractivity contribution is 6.08. The second kappa shape index (κ2) is 9.99. The van der Waals surface area contributed by atoms with E-state index in [-0.39, 0.29) is 24.3 Å². The monoisotopic (exact) mass is 446 g/mol. The van der Waals surface area contributed by atoms with Crippen LogP contribution < -0.4 is 15.5 Å². The second-order valence-electron chi connectivity index (χ2n) is 7.77. The number of hydrogen-bond donors (Lipinski definition) is 2. The Hall–Kier alpha value is -4.14. The second-order valence-corrected chi connectivity index (χ2v) is 7.77. The molecule has 3 heterocycles. The van der Waals surface area contributed by atoms with Crippen LogP contribution in [0.15, 0.2) is 67.1 Å². The fourth-order valence-electron chi connectivity index (χ4n) is 3.83. The zero-order valence-corrected chi connectivity index (χ0v) is 18.4. The number of benzene rings is 1. The number of para-hydroxylation sites is 1. The molecule has 1 fully saturated rings. The fraction of sp³-hybridized carbons (Fsp3) is 0.250. The minimum atomic E-state index is -0.275. The Balaban J connectivity index is 1.33. The first-order valence-electron chi connectivity index (χ1n) is 10.8. The lowest BCUT2D eigenvalue weighted by Crippen LogP contribution is -2.51. The minimum absolute atomic E-state index is 0.0475. The van der Waals surface area contributed by atoms with Crippen LogP contribution in [0.25, 0.3) is 0 Å². The molecular weight excluding hydrogens is 420 g/mol. The number of hydrogen-bond acceptors (Lipinski definition) is 5. The zero-order chi connectivity index (χ0) is 23.2. The average molecular weight is 447 g/mol. The summed E-state index contributed by atoms with van der Waals surface area (Å²) in [6, 6.07) is 14.5. The first-order chi connectivity index (χ1) is 16.0. The number of rotatable bonds is 6. The summed E-state index contributed by atoms with van der Waals surface area (Å²) >= 11 is 0. The third-order valence-electron chi connectivity index (χ3n) is 5.62. The van der Waals surface area contributed by atoms with Gasteiger partial charge in [0.25, 0.3) is 11.8 Å². The first-order valence-corrected chi connectivity index (χ1v) is 10.8. The van der Waals surface area contributed by atoms with E-state index in [0.29, 0.717) is 43.1 Å². The summed E-state index contributed by atoms with van der Waals surface area (Å²) < 4.78 is 1.71. The molecule has 9 heteroatoms. The quantitative estimate of drug-likeness (QED) is 0.601. The van der Waals surface area contributed by atoms with Gasteiger partial charge in [0.2, 0.25) is 5.91 Å². The molecule has 1 aliphatic heterocycles. The lowest BCUT2D eigenvalue weighted by molar-refractivity contribution is -0.130. The Morgan fingerprint density at radius 3 is 2.42 bits per heavy atom. The van der Waals surface area contributed by atoms with Crippen molar-refractivity contribution in [3.8, 4) is 0 Å². The van der Waals surface area contributed by atoms with Crippen molar-refractivity contribution >= 4 is 29.1 Å². The minimum Gasteiger partial charge on any atom is -0.367 e. The zero-order valence-electron chi connectivity index (χ0n) is 18.4. The maximum absolute atomic E-state index is 12.8. The summed E-state index contributed by atoms with van der Waals surface area (Å²) in [6.45, 7) is 2.16. The number of amides is 3. The lowest BCUT2D eigenvalue weighted by Gasteiger charge is -2.36. The van der Waals surface area contributed by atoms with E-state index in [0.717, 1.165) is 5.69 Å². The van der Waals surface area contributed by atoms with Gasteiger partial charge in [0.1, 0.15) is 5.69 Å². The predicted octanol–water partition coefficient (Wildman–Crippen LogP) is 1.75. The molecule has 170 valence electrons. The Labute approximate surface area is 192 Å². The summed E-state index contributed by atoms with van der Waals surface area (Å²) in [6.07, 6.45) is 5.03. The summed E-state index contributed by atoms with van der Waals surface area (Å²) in [4.78, 5) is 45.5. The molecule has 0 saturated carbocycles. The van der Waals surface area contributed by atoms with Crippen molar-refractivity contribution in [2.45, 2.75) is 0 Å². The van der Waals surface area contributed by atoms with E-state index in [4.69, 9.17) is 0 Å². The Bertz CT molecular complexity index is 1140. The number of anilines is 2.